The molecule has 3 rings (SSSR count). The number of aromatic amines is 1. The van der Waals surface area contributed by atoms with E-state index >= 15 is 0 Å². The monoisotopic (exact) mass is 264 g/mol. The van der Waals surface area contributed by atoms with Crippen molar-refractivity contribution in [2.24, 2.45) is 5.73 Å². The zero-order valence-corrected chi connectivity index (χ0v) is 11.8. The van der Waals surface area contributed by atoms with Crippen LogP contribution in [0.3, 0.4) is 0 Å². The molecule has 3 heteroatoms. The standard InChI is InChI=1S/C15H20N2.ClH/c1-9-6-10(2)15-12(7-9)13(8-17-15)11-4-3-5-14(11)16;/h6-8,11,14,17H,3-5,16H2,1-2H3;1H/t11-,14+;/m0./s1. The zero-order chi connectivity index (χ0) is 12.0. The van der Waals surface area contributed by atoms with Gasteiger partial charge in [-0.1, -0.05) is 18.1 Å². The number of hydrogen-bond donors (Lipinski definition) is 2. The molecule has 3 N–H and O–H groups in total. The second-order valence-electron chi connectivity index (χ2n) is 5.45. The summed E-state index contributed by atoms with van der Waals surface area (Å²) in [6.45, 7) is 4.34. The third-order valence-corrected chi connectivity index (χ3v) is 4.13. The molecule has 0 saturated heterocycles. The molecule has 1 heterocycles. The molecular weight excluding hydrogens is 244 g/mol. The second-order valence-corrected chi connectivity index (χ2v) is 5.45. The number of nitrogens with one attached hydrogen (secondary N) is 1. The fraction of sp³-hybridized carbons (Fsp3) is 0.467. The van der Waals surface area contributed by atoms with Crippen molar-refractivity contribution in [3.63, 3.8) is 0 Å². The molecule has 0 aliphatic heterocycles. The summed E-state index contributed by atoms with van der Waals surface area (Å²) in [7, 11) is 0. The topological polar surface area (TPSA) is 41.8 Å². The van der Waals surface area contributed by atoms with Crippen LogP contribution >= 0.6 is 12.4 Å². The Morgan fingerprint density at radius 3 is 2.67 bits per heavy atom. The first-order valence-electron chi connectivity index (χ1n) is 6.50. The Bertz CT molecular complexity index is 559. The molecule has 0 bridgehead atoms. The van der Waals surface area contributed by atoms with E-state index in [1.807, 2.05) is 0 Å². The van der Waals surface area contributed by atoms with Crippen LogP contribution in [0.25, 0.3) is 10.9 Å². The summed E-state index contributed by atoms with van der Waals surface area (Å²) in [4.78, 5) is 3.43. The summed E-state index contributed by atoms with van der Waals surface area (Å²) in [5.74, 6) is 0.546. The lowest BCUT2D eigenvalue weighted by Crippen LogP contribution is -2.22. The van der Waals surface area contributed by atoms with E-state index in [2.05, 4.69) is 37.2 Å². The fourth-order valence-corrected chi connectivity index (χ4v) is 3.30. The molecule has 2 aromatic rings. The van der Waals surface area contributed by atoms with E-state index in [1.54, 1.807) is 0 Å². The van der Waals surface area contributed by atoms with Crippen molar-refractivity contribution in [2.45, 2.75) is 45.1 Å². The summed E-state index contributed by atoms with van der Waals surface area (Å²) < 4.78 is 0. The van der Waals surface area contributed by atoms with Crippen LogP contribution in [0.1, 0.15) is 41.9 Å². The molecule has 18 heavy (non-hydrogen) atoms. The van der Waals surface area contributed by atoms with Gasteiger partial charge in [-0.2, -0.15) is 0 Å². The maximum absolute atomic E-state index is 6.22. The lowest BCUT2D eigenvalue weighted by molar-refractivity contribution is 0.616. The van der Waals surface area contributed by atoms with Crippen molar-refractivity contribution in [2.75, 3.05) is 0 Å². The molecule has 98 valence electrons. The van der Waals surface area contributed by atoms with Crippen molar-refractivity contribution in [3.05, 3.63) is 35.0 Å². The second kappa shape index (κ2) is 4.94. The van der Waals surface area contributed by atoms with Crippen LogP contribution in [0.15, 0.2) is 18.3 Å². The van der Waals surface area contributed by atoms with Crippen molar-refractivity contribution in [1.82, 2.24) is 4.98 Å². The van der Waals surface area contributed by atoms with Crippen molar-refractivity contribution in [3.8, 4) is 0 Å². The Morgan fingerprint density at radius 2 is 2.00 bits per heavy atom. The van der Waals surface area contributed by atoms with Gasteiger partial charge in [0.25, 0.3) is 0 Å². The van der Waals surface area contributed by atoms with Gasteiger partial charge in [-0.15, -0.1) is 12.4 Å². The van der Waals surface area contributed by atoms with Gasteiger partial charge in [-0.3, -0.25) is 0 Å². The zero-order valence-electron chi connectivity index (χ0n) is 11.0. The highest BCUT2D eigenvalue weighted by Crippen LogP contribution is 2.37. The summed E-state index contributed by atoms with van der Waals surface area (Å²) >= 11 is 0. The number of hydrogen-bond acceptors (Lipinski definition) is 1. The highest BCUT2D eigenvalue weighted by Gasteiger charge is 2.27. The minimum absolute atomic E-state index is 0. The molecule has 1 aromatic heterocycles. The van der Waals surface area contributed by atoms with Gasteiger partial charge in [0.2, 0.25) is 0 Å². The lowest BCUT2D eigenvalue weighted by Gasteiger charge is -2.14. The van der Waals surface area contributed by atoms with Crippen molar-refractivity contribution >= 4 is 23.3 Å². The number of halogens is 1. The highest BCUT2D eigenvalue weighted by atomic mass is 35.5. The molecule has 1 aliphatic carbocycles. The van der Waals surface area contributed by atoms with E-state index in [0.29, 0.717) is 12.0 Å². The predicted molar refractivity (Wildman–Crippen MR) is 79.6 cm³/mol. The molecule has 2 nitrogen and oxygen atoms in total. The van der Waals surface area contributed by atoms with Crippen LogP contribution in [-0.4, -0.2) is 11.0 Å². The Balaban J connectivity index is 0.00000120. The van der Waals surface area contributed by atoms with Crippen molar-refractivity contribution in [1.29, 1.82) is 0 Å². The Morgan fingerprint density at radius 1 is 1.22 bits per heavy atom. The maximum atomic E-state index is 6.22. The number of benzene rings is 1. The normalized spacial score (nSPS) is 23.3. The Hall–Kier alpha value is -0.990. The summed E-state index contributed by atoms with van der Waals surface area (Å²) in [6.07, 6.45) is 5.85. The van der Waals surface area contributed by atoms with Crippen LogP contribution < -0.4 is 5.73 Å². The number of aryl methyl sites for hydroxylation is 2. The number of aromatic nitrogens is 1. The number of nitrogens with two attached hydrogens (primary N) is 1. The smallest absolute Gasteiger partial charge is 0.0486 e. The lowest BCUT2D eigenvalue weighted by atomic mass is 9.93. The first-order chi connectivity index (χ1) is 8.16. The number of fused-ring (bicyclic) bond motifs is 1. The molecule has 0 spiro atoms. The van der Waals surface area contributed by atoms with Gasteiger partial charge in [-0.05, 0) is 43.9 Å². The quantitative estimate of drug-likeness (QED) is 0.808. The Kier molecular flexibility index (Phi) is 3.69. The highest BCUT2D eigenvalue weighted by molar-refractivity contribution is 5.87. The SMILES string of the molecule is Cc1cc(C)c2[nH]cc([C@@H]3CCC[C@H]3N)c2c1.Cl. The van der Waals surface area contributed by atoms with E-state index in [0.717, 1.165) is 0 Å². The van der Waals surface area contributed by atoms with Crippen LogP contribution in [-0.2, 0) is 0 Å². The molecule has 2 atom stereocenters. The molecular formula is C15H21ClN2. The minimum atomic E-state index is 0. The van der Waals surface area contributed by atoms with Gasteiger partial charge < -0.3 is 10.7 Å². The number of H-pyrrole nitrogens is 1. The minimum Gasteiger partial charge on any atom is -0.361 e. The average molecular weight is 265 g/mol. The average Bonchev–Trinajstić information content (AvgIpc) is 2.84. The van der Waals surface area contributed by atoms with Crippen LogP contribution in [0.2, 0.25) is 0 Å². The third kappa shape index (κ3) is 2.04. The van der Waals surface area contributed by atoms with Gasteiger partial charge in [0, 0.05) is 29.1 Å². The van der Waals surface area contributed by atoms with Crippen molar-refractivity contribution < 1.29 is 0 Å². The summed E-state index contributed by atoms with van der Waals surface area (Å²) in [5, 5.41) is 1.38. The van der Waals surface area contributed by atoms with Crippen LogP contribution in [0, 0.1) is 13.8 Å². The molecule has 1 aliphatic rings. The molecule has 0 radical (unpaired) electrons. The fourth-order valence-electron chi connectivity index (χ4n) is 3.30. The Labute approximate surface area is 114 Å². The van der Waals surface area contributed by atoms with Gasteiger partial charge in [0.15, 0.2) is 0 Å². The van der Waals surface area contributed by atoms with E-state index in [4.69, 9.17) is 5.73 Å². The van der Waals surface area contributed by atoms with Gasteiger partial charge >= 0.3 is 0 Å². The van der Waals surface area contributed by atoms with Gasteiger partial charge in [-0.25, -0.2) is 0 Å². The van der Waals surface area contributed by atoms with Gasteiger partial charge in [0.1, 0.15) is 0 Å². The van der Waals surface area contributed by atoms with Crippen LogP contribution in [0.5, 0.6) is 0 Å². The molecule has 0 amide bonds. The van der Waals surface area contributed by atoms with Gasteiger partial charge in [0.05, 0.1) is 0 Å². The first kappa shape index (κ1) is 13.4. The largest absolute Gasteiger partial charge is 0.361 e. The predicted octanol–water partition coefficient (Wildman–Crippen LogP) is 3.80. The molecule has 1 fully saturated rings. The molecule has 0 unspecified atom stereocenters. The number of rotatable bonds is 1. The summed E-state index contributed by atoms with van der Waals surface area (Å²) in [5.41, 5.74) is 11.6. The molecule has 1 saturated carbocycles. The third-order valence-electron chi connectivity index (χ3n) is 4.13. The van der Waals surface area contributed by atoms with E-state index in [-0.39, 0.29) is 12.4 Å². The van der Waals surface area contributed by atoms with E-state index in [1.165, 1.54) is 46.9 Å². The van der Waals surface area contributed by atoms with E-state index < -0.39 is 0 Å². The first-order valence-corrected chi connectivity index (χ1v) is 6.50. The summed E-state index contributed by atoms with van der Waals surface area (Å²) in [6, 6.07) is 4.87. The molecule has 1 aromatic carbocycles. The van der Waals surface area contributed by atoms with Crippen LogP contribution in [0.4, 0.5) is 0 Å². The maximum Gasteiger partial charge on any atom is 0.0486 e. The van der Waals surface area contributed by atoms with E-state index in [9.17, 15) is 0 Å².